The molecule has 1 unspecified atom stereocenters. The molecule has 4 rings (SSSR count). The summed E-state index contributed by atoms with van der Waals surface area (Å²) in [6.45, 7) is 2.58. The van der Waals surface area contributed by atoms with Crippen molar-refractivity contribution in [2.24, 2.45) is 4.99 Å². The van der Waals surface area contributed by atoms with E-state index in [2.05, 4.69) is 10.3 Å². The Morgan fingerprint density at radius 1 is 1.19 bits per heavy atom. The minimum Gasteiger partial charge on any atom is -0.493 e. The number of likely N-dealkylation sites (N-methyl/N-ethyl adjacent to an activating group) is 1. The molecule has 3 aliphatic heterocycles. The number of ether oxygens (including phenoxy) is 2. The Morgan fingerprint density at radius 3 is 2.75 bits per heavy atom. The molecule has 0 aromatic heterocycles. The van der Waals surface area contributed by atoms with Gasteiger partial charge < -0.3 is 19.7 Å². The van der Waals surface area contributed by atoms with Crippen molar-refractivity contribution < 1.29 is 33.0 Å². The van der Waals surface area contributed by atoms with Crippen LogP contribution >= 0.6 is 0 Å². The second kappa shape index (κ2) is 11.2. The molecule has 1 fully saturated rings. The largest absolute Gasteiger partial charge is 0.493 e. The topological polar surface area (TPSA) is 118 Å². The first-order valence-corrected chi connectivity index (χ1v) is 12.3. The van der Waals surface area contributed by atoms with Crippen molar-refractivity contribution >= 4 is 29.3 Å². The fraction of sp³-hybridized carbons (Fsp3) is 0.560. The highest BCUT2D eigenvalue weighted by molar-refractivity contribution is 6.46. The highest BCUT2D eigenvalue weighted by Gasteiger charge is 2.46. The highest BCUT2D eigenvalue weighted by Crippen LogP contribution is 2.26. The first kappa shape index (κ1) is 25.7. The Balaban J connectivity index is 1.73. The average molecular weight is 503 g/mol. The van der Waals surface area contributed by atoms with Crippen LogP contribution in [0.4, 0.5) is 4.39 Å². The number of methoxy groups -OCH3 is 1. The second-order valence-electron chi connectivity index (χ2n) is 9.08. The van der Waals surface area contributed by atoms with Crippen molar-refractivity contribution in [2.75, 3.05) is 26.8 Å². The number of hydrogen-bond donors (Lipinski definition) is 1. The van der Waals surface area contributed by atoms with Gasteiger partial charge in [-0.3, -0.25) is 24.1 Å². The van der Waals surface area contributed by atoms with E-state index in [9.17, 15) is 23.6 Å². The first-order valence-electron chi connectivity index (χ1n) is 12.3. The van der Waals surface area contributed by atoms with Gasteiger partial charge in [-0.25, -0.2) is 9.38 Å². The Hall–Kier alpha value is -3.34. The summed E-state index contributed by atoms with van der Waals surface area (Å²) in [4.78, 5) is 59.8. The summed E-state index contributed by atoms with van der Waals surface area (Å²) in [7, 11) is 1.53. The zero-order chi connectivity index (χ0) is 25.8. The molecular formula is C25H31FN4O6. The molecule has 1 aromatic rings. The molecule has 1 aromatic carbocycles. The van der Waals surface area contributed by atoms with Gasteiger partial charge in [0.25, 0.3) is 17.6 Å². The Bertz CT molecular complexity index is 1080. The smallest absolute Gasteiger partial charge is 0.298 e. The van der Waals surface area contributed by atoms with Crippen LogP contribution in [0.25, 0.3) is 0 Å². The number of ketones is 1. The Kier molecular flexibility index (Phi) is 7.97. The summed E-state index contributed by atoms with van der Waals surface area (Å²) in [5.74, 6) is -2.64. The third kappa shape index (κ3) is 5.25. The molecule has 0 aliphatic carbocycles. The molecule has 10 nitrogen and oxygen atoms in total. The molecule has 1 saturated heterocycles. The lowest BCUT2D eigenvalue weighted by molar-refractivity contribution is -0.146. The fourth-order valence-corrected chi connectivity index (χ4v) is 4.85. The van der Waals surface area contributed by atoms with E-state index in [-0.39, 0.29) is 49.7 Å². The SMILES string of the molecule is CCN1C(=O)CCCCOc2cc(F)ccc2CNC(=O)C2N=C3[C@@H]1CC[C@H](OC)CN3C(=O)C2=O. The number of rotatable bonds is 2. The van der Waals surface area contributed by atoms with Crippen molar-refractivity contribution in [2.45, 2.75) is 63.8 Å². The van der Waals surface area contributed by atoms with Gasteiger partial charge in [-0.2, -0.15) is 0 Å². The van der Waals surface area contributed by atoms with Crippen LogP contribution in [0, 0.1) is 5.82 Å². The van der Waals surface area contributed by atoms with Crippen molar-refractivity contribution in [3.05, 3.63) is 29.6 Å². The minimum absolute atomic E-state index is 0.0320. The maximum absolute atomic E-state index is 13.8. The molecule has 3 aliphatic rings. The average Bonchev–Trinajstić information content (AvgIpc) is 3.05. The van der Waals surface area contributed by atoms with E-state index in [0.717, 1.165) is 0 Å². The summed E-state index contributed by atoms with van der Waals surface area (Å²) < 4.78 is 25.0. The number of benzene rings is 1. The lowest BCUT2D eigenvalue weighted by Gasteiger charge is -2.37. The van der Waals surface area contributed by atoms with E-state index < -0.39 is 35.5 Å². The molecule has 3 amide bonds. The normalized spacial score (nSPS) is 26.0. The number of amidine groups is 1. The second-order valence-corrected chi connectivity index (χ2v) is 9.08. The summed E-state index contributed by atoms with van der Waals surface area (Å²) in [6.07, 6.45) is 2.08. The number of nitrogens with one attached hydrogen (secondary N) is 1. The third-order valence-corrected chi connectivity index (χ3v) is 6.83. The molecule has 3 atom stereocenters. The van der Waals surface area contributed by atoms with Gasteiger partial charge in [-0.15, -0.1) is 0 Å². The van der Waals surface area contributed by atoms with Gasteiger partial charge in [-0.05, 0) is 38.7 Å². The molecule has 0 radical (unpaired) electrons. The van der Waals surface area contributed by atoms with E-state index in [4.69, 9.17) is 9.47 Å². The predicted molar refractivity (Wildman–Crippen MR) is 127 cm³/mol. The number of amides is 3. The van der Waals surface area contributed by atoms with Crippen LogP contribution < -0.4 is 10.1 Å². The summed E-state index contributed by atoms with van der Waals surface area (Å²) >= 11 is 0. The predicted octanol–water partition coefficient (Wildman–Crippen LogP) is 1.21. The molecule has 194 valence electrons. The number of halogens is 1. The van der Waals surface area contributed by atoms with Gasteiger partial charge in [0.05, 0.1) is 25.3 Å². The lowest BCUT2D eigenvalue weighted by Crippen LogP contribution is -2.59. The summed E-state index contributed by atoms with van der Waals surface area (Å²) in [5.41, 5.74) is 0.518. The van der Waals surface area contributed by atoms with Crippen LogP contribution in [0.15, 0.2) is 23.2 Å². The maximum Gasteiger partial charge on any atom is 0.298 e. The van der Waals surface area contributed by atoms with E-state index in [0.29, 0.717) is 37.8 Å². The first-order chi connectivity index (χ1) is 17.3. The maximum atomic E-state index is 13.8. The summed E-state index contributed by atoms with van der Waals surface area (Å²) in [6, 6.07) is 1.83. The molecule has 2 bridgehead atoms. The van der Waals surface area contributed by atoms with Gasteiger partial charge in [-0.1, -0.05) is 6.07 Å². The van der Waals surface area contributed by atoms with E-state index >= 15 is 0 Å². The Morgan fingerprint density at radius 2 is 2.00 bits per heavy atom. The van der Waals surface area contributed by atoms with Gasteiger partial charge in [0.2, 0.25) is 5.91 Å². The third-order valence-electron chi connectivity index (χ3n) is 6.83. The number of fused-ring (bicyclic) bond motifs is 2. The van der Waals surface area contributed by atoms with Gasteiger partial charge >= 0.3 is 0 Å². The van der Waals surface area contributed by atoms with E-state index in [1.807, 2.05) is 6.92 Å². The van der Waals surface area contributed by atoms with Crippen LogP contribution in [0.1, 0.15) is 44.6 Å². The number of carbonyl (C=O) groups is 4. The van der Waals surface area contributed by atoms with Crippen LogP contribution in [0.2, 0.25) is 0 Å². The van der Waals surface area contributed by atoms with Gasteiger partial charge in [0, 0.05) is 38.2 Å². The lowest BCUT2D eigenvalue weighted by atomic mass is 10.0. The van der Waals surface area contributed by atoms with Gasteiger partial charge in [0.15, 0.2) is 6.04 Å². The number of aliphatic imine (C=N–C) groups is 1. The highest BCUT2D eigenvalue weighted by atomic mass is 19.1. The quantitative estimate of drug-likeness (QED) is 0.480. The van der Waals surface area contributed by atoms with Crippen molar-refractivity contribution in [3.8, 4) is 5.75 Å². The van der Waals surface area contributed by atoms with Crippen LogP contribution in [-0.4, -0.2) is 84.1 Å². The van der Waals surface area contributed by atoms with Crippen molar-refractivity contribution in [3.63, 3.8) is 0 Å². The number of Topliss-reactive ketones (excluding diaryl/α,β-unsaturated/α-hetero) is 1. The standard InChI is InChI=1S/C25H31FN4O6/c1-3-29-18-10-9-17(35-2)14-30-23(18)28-21(22(32)25(30)34)24(33)27-13-15-7-8-16(26)12-19(15)36-11-5-4-6-20(29)31/h7-8,12,17-18,21H,3-6,9-11,13-14H2,1-2H3,(H,27,33)/t17-,18-,21?/m0/s1. The molecule has 36 heavy (non-hydrogen) atoms. The zero-order valence-corrected chi connectivity index (χ0v) is 20.5. The molecule has 1 N–H and O–H groups in total. The minimum atomic E-state index is -1.57. The molecule has 0 spiro atoms. The number of nitrogens with zero attached hydrogens (tertiary/aromatic N) is 3. The van der Waals surface area contributed by atoms with Crippen LogP contribution in [-0.2, 0) is 30.5 Å². The van der Waals surface area contributed by atoms with Crippen molar-refractivity contribution in [1.82, 2.24) is 15.1 Å². The van der Waals surface area contributed by atoms with E-state index in [1.54, 1.807) is 4.90 Å². The monoisotopic (exact) mass is 502 g/mol. The zero-order valence-electron chi connectivity index (χ0n) is 20.5. The fourth-order valence-electron chi connectivity index (χ4n) is 4.85. The molecule has 11 heteroatoms. The van der Waals surface area contributed by atoms with Crippen molar-refractivity contribution in [1.29, 1.82) is 0 Å². The number of hydrogen-bond acceptors (Lipinski definition) is 7. The van der Waals surface area contributed by atoms with Gasteiger partial charge in [0.1, 0.15) is 17.4 Å². The van der Waals surface area contributed by atoms with Crippen LogP contribution in [0.5, 0.6) is 5.75 Å². The molecular weight excluding hydrogens is 471 g/mol. The molecule has 0 saturated carbocycles. The number of carbonyl (C=O) groups excluding carboxylic acids is 4. The van der Waals surface area contributed by atoms with E-state index in [1.165, 1.54) is 30.2 Å². The van der Waals surface area contributed by atoms with Crippen LogP contribution in [0.3, 0.4) is 0 Å². The summed E-state index contributed by atoms with van der Waals surface area (Å²) in [5, 5.41) is 2.64. The molecule has 3 heterocycles. The Labute approximate surface area is 208 Å².